The lowest BCUT2D eigenvalue weighted by Gasteiger charge is -2.31. The minimum Gasteiger partial charge on any atom is -0.412 e. The summed E-state index contributed by atoms with van der Waals surface area (Å²) in [6, 6.07) is 0. The first-order valence-electron chi connectivity index (χ1n) is 2.64. The zero-order valence-corrected chi connectivity index (χ0v) is 6.28. The van der Waals surface area contributed by atoms with Crippen LogP contribution in [-0.4, -0.2) is 29.7 Å². The maximum absolute atomic E-state index is 11.9. The summed E-state index contributed by atoms with van der Waals surface area (Å²) in [5.41, 5.74) is -7.19. The van der Waals surface area contributed by atoms with Crippen molar-refractivity contribution in [3.63, 3.8) is 0 Å². The van der Waals surface area contributed by atoms with Crippen LogP contribution in [-0.2, 0) is 0 Å². The van der Waals surface area contributed by atoms with Crippen molar-refractivity contribution in [3.8, 4) is 0 Å². The van der Waals surface area contributed by atoms with Crippen LogP contribution in [0.5, 0.6) is 0 Å². The van der Waals surface area contributed by atoms with Gasteiger partial charge in [0.1, 0.15) is 0 Å². The van der Waals surface area contributed by atoms with E-state index in [1.54, 1.807) is 0 Å². The molecule has 0 heterocycles. The number of hydrogen-bond donors (Lipinski definition) is 0. The Morgan fingerprint density at radius 2 is 0.533 bits per heavy atom. The fourth-order valence-corrected chi connectivity index (χ4v) is 0.482. The molecule has 0 saturated carbocycles. The lowest BCUT2D eigenvalue weighted by Crippen LogP contribution is -2.62. The van der Waals surface area contributed by atoms with Gasteiger partial charge in [-0.2, -0.15) is 39.5 Å². The van der Waals surface area contributed by atoms with E-state index in [-0.39, 0.29) is 5.48 Å². The van der Waals surface area contributed by atoms with Crippen LogP contribution in [0, 0.1) is 0 Å². The van der Waals surface area contributed by atoms with Gasteiger partial charge in [-0.25, -0.2) is 4.39 Å². The second-order valence-electron chi connectivity index (χ2n) is 2.15. The molecule has 0 rings (SSSR count). The molecule has 2 N–H and O–H groups in total. The van der Waals surface area contributed by atoms with Crippen LogP contribution in [0.4, 0.5) is 43.9 Å². The van der Waals surface area contributed by atoms with Crippen LogP contribution >= 0.6 is 0 Å². The zero-order chi connectivity index (χ0) is 12.0. The Balaban J connectivity index is 0. The monoisotopic (exact) mass is 256 g/mol. The standard InChI is InChI=1S/C4F10.H2O/c5-1(2(6,7)8,3(9,10)11)4(12,13)14;/h;1H2. The summed E-state index contributed by atoms with van der Waals surface area (Å²) < 4.78 is 113. The molecular weight excluding hydrogens is 254 g/mol. The average Bonchev–Trinajstić information content (AvgIpc) is 1.77. The molecular formula is C4H2F10O. The normalized spacial score (nSPS) is 14.8. The summed E-state index contributed by atoms with van der Waals surface area (Å²) in [6.45, 7) is 0. The van der Waals surface area contributed by atoms with E-state index in [1.807, 2.05) is 0 Å². The zero-order valence-electron chi connectivity index (χ0n) is 6.28. The summed E-state index contributed by atoms with van der Waals surface area (Å²) in [6.07, 6.45) is -21.3. The average molecular weight is 256 g/mol. The van der Waals surface area contributed by atoms with E-state index < -0.39 is 24.2 Å². The fraction of sp³-hybridized carbons (Fsp3) is 1.00. The van der Waals surface area contributed by atoms with E-state index in [0.29, 0.717) is 0 Å². The Kier molecular flexibility index (Phi) is 4.10. The molecule has 0 aliphatic carbocycles. The fourth-order valence-electron chi connectivity index (χ4n) is 0.482. The number of hydrogen-bond acceptors (Lipinski definition) is 0. The largest absolute Gasteiger partial charge is 0.440 e. The predicted molar refractivity (Wildman–Crippen MR) is 25.6 cm³/mol. The molecule has 11 heteroatoms. The third-order valence-corrected chi connectivity index (χ3v) is 1.17. The minimum atomic E-state index is -7.19. The van der Waals surface area contributed by atoms with Crippen LogP contribution < -0.4 is 0 Å². The van der Waals surface area contributed by atoms with Gasteiger partial charge in [-0.1, -0.05) is 0 Å². The van der Waals surface area contributed by atoms with Gasteiger partial charge in [0, 0.05) is 0 Å². The molecule has 0 aromatic rings. The Morgan fingerprint density at radius 3 is 0.533 bits per heavy atom. The maximum atomic E-state index is 11.9. The highest BCUT2D eigenvalue weighted by atomic mass is 19.4. The van der Waals surface area contributed by atoms with Crippen LogP contribution in [0.15, 0.2) is 0 Å². The van der Waals surface area contributed by atoms with Crippen LogP contribution in [0.25, 0.3) is 0 Å². The topological polar surface area (TPSA) is 31.5 Å². The van der Waals surface area contributed by atoms with E-state index >= 15 is 0 Å². The van der Waals surface area contributed by atoms with Crippen molar-refractivity contribution < 1.29 is 49.4 Å². The quantitative estimate of drug-likeness (QED) is 0.596. The van der Waals surface area contributed by atoms with E-state index in [0.717, 1.165) is 0 Å². The van der Waals surface area contributed by atoms with Gasteiger partial charge in [0.25, 0.3) is 0 Å². The van der Waals surface area contributed by atoms with E-state index in [2.05, 4.69) is 0 Å². The van der Waals surface area contributed by atoms with Gasteiger partial charge in [-0.05, 0) is 0 Å². The van der Waals surface area contributed by atoms with Gasteiger partial charge in [-0.15, -0.1) is 0 Å². The third-order valence-electron chi connectivity index (χ3n) is 1.17. The maximum Gasteiger partial charge on any atom is 0.440 e. The van der Waals surface area contributed by atoms with Gasteiger partial charge >= 0.3 is 24.2 Å². The Bertz CT molecular complexity index is 171. The molecule has 1 nitrogen and oxygen atoms in total. The first-order chi connectivity index (χ1) is 5.75. The molecule has 15 heavy (non-hydrogen) atoms. The highest BCUT2D eigenvalue weighted by molar-refractivity contribution is 5.00. The van der Waals surface area contributed by atoms with Crippen molar-refractivity contribution in [1.82, 2.24) is 0 Å². The van der Waals surface area contributed by atoms with Crippen molar-refractivity contribution >= 4 is 0 Å². The predicted octanol–water partition coefficient (Wildman–Crippen LogP) is 2.56. The first kappa shape index (κ1) is 16.7. The molecule has 0 amide bonds. The van der Waals surface area contributed by atoms with E-state index in [4.69, 9.17) is 0 Å². The van der Waals surface area contributed by atoms with Crippen LogP contribution in [0.1, 0.15) is 0 Å². The van der Waals surface area contributed by atoms with Crippen molar-refractivity contribution in [2.45, 2.75) is 24.2 Å². The minimum absolute atomic E-state index is 0. The molecule has 0 unspecified atom stereocenters. The van der Waals surface area contributed by atoms with Gasteiger partial charge in [0.15, 0.2) is 0 Å². The Hall–Kier alpha value is -0.740. The number of rotatable bonds is 0. The van der Waals surface area contributed by atoms with E-state index in [1.165, 1.54) is 0 Å². The second kappa shape index (κ2) is 3.68. The lowest BCUT2D eigenvalue weighted by molar-refractivity contribution is -0.422. The summed E-state index contributed by atoms with van der Waals surface area (Å²) in [7, 11) is 0. The highest BCUT2D eigenvalue weighted by Gasteiger charge is 2.85. The van der Waals surface area contributed by atoms with Crippen molar-refractivity contribution in [1.29, 1.82) is 0 Å². The molecule has 0 radical (unpaired) electrons. The summed E-state index contributed by atoms with van der Waals surface area (Å²) in [4.78, 5) is 0. The van der Waals surface area contributed by atoms with Gasteiger partial charge in [0.2, 0.25) is 0 Å². The molecule has 0 bridgehead atoms. The molecule has 0 aromatic heterocycles. The third kappa shape index (κ3) is 2.44. The van der Waals surface area contributed by atoms with E-state index in [9.17, 15) is 43.9 Å². The summed E-state index contributed by atoms with van der Waals surface area (Å²) in [5.74, 6) is 0. The lowest BCUT2D eigenvalue weighted by atomic mass is 10.1. The molecule has 94 valence electrons. The van der Waals surface area contributed by atoms with Crippen molar-refractivity contribution in [2.24, 2.45) is 0 Å². The molecule has 0 aliphatic rings. The molecule has 0 spiro atoms. The molecule has 0 fully saturated rings. The van der Waals surface area contributed by atoms with Gasteiger partial charge in [0.05, 0.1) is 0 Å². The van der Waals surface area contributed by atoms with Gasteiger partial charge < -0.3 is 5.48 Å². The summed E-state index contributed by atoms with van der Waals surface area (Å²) >= 11 is 0. The molecule has 0 saturated heterocycles. The first-order valence-corrected chi connectivity index (χ1v) is 2.64. The number of alkyl halides is 10. The number of halogens is 10. The Morgan fingerprint density at radius 1 is 0.400 bits per heavy atom. The van der Waals surface area contributed by atoms with Gasteiger partial charge in [-0.3, -0.25) is 0 Å². The highest BCUT2D eigenvalue weighted by Crippen LogP contribution is 2.54. The molecule has 0 aromatic carbocycles. The summed E-state index contributed by atoms with van der Waals surface area (Å²) in [5, 5.41) is 0. The SMILES string of the molecule is FC(F)(F)C(F)(C(F)(F)F)C(F)(F)F.O. The van der Waals surface area contributed by atoms with Crippen molar-refractivity contribution in [2.75, 3.05) is 0 Å². The van der Waals surface area contributed by atoms with Crippen LogP contribution in [0.2, 0.25) is 0 Å². The smallest absolute Gasteiger partial charge is 0.412 e. The van der Waals surface area contributed by atoms with Crippen LogP contribution in [0.3, 0.4) is 0 Å². The second-order valence-corrected chi connectivity index (χ2v) is 2.15. The Labute approximate surface area is 75.0 Å². The van der Waals surface area contributed by atoms with Crippen molar-refractivity contribution in [3.05, 3.63) is 0 Å². The molecule has 0 aliphatic heterocycles. The molecule has 0 atom stereocenters.